The van der Waals surface area contributed by atoms with Gasteiger partial charge in [-0.2, -0.15) is 5.26 Å². The molecule has 33 heavy (non-hydrogen) atoms. The highest BCUT2D eigenvalue weighted by atomic mass is 16.5. The molecule has 0 spiro atoms. The van der Waals surface area contributed by atoms with Gasteiger partial charge in [0.05, 0.1) is 18.7 Å². The lowest BCUT2D eigenvalue weighted by Gasteiger charge is -2.39. The normalized spacial score (nSPS) is 17.0. The number of rotatable bonds is 4. The maximum absolute atomic E-state index is 12.4. The van der Waals surface area contributed by atoms with Gasteiger partial charge in [-0.3, -0.25) is 4.79 Å². The van der Waals surface area contributed by atoms with Gasteiger partial charge < -0.3 is 15.0 Å². The maximum Gasteiger partial charge on any atom is 0.356 e. The number of anilines is 2. The summed E-state index contributed by atoms with van der Waals surface area (Å²) >= 11 is 0. The van der Waals surface area contributed by atoms with E-state index in [0.717, 1.165) is 22.4 Å². The molecule has 8 nitrogen and oxygen atoms in total. The molecule has 2 aromatic heterocycles. The third kappa shape index (κ3) is 4.39. The maximum atomic E-state index is 12.4. The summed E-state index contributed by atoms with van der Waals surface area (Å²) in [5, 5.41) is 12.5. The number of benzene rings is 1. The van der Waals surface area contributed by atoms with E-state index in [1.807, 2.05) is 36.1 Å². The Kier molecular flexibility index (Phi) is 6.05. The molecule has 3 heterocycles. The first kappa shape index (κ1) is 22.0. The van der Waals surface area contributed by atoms with Gasteiger partial charge in [0.25, 0.3) is 0 Å². The number of amides is 1. The van der Waals surface area contributed by atoms with Crippen LogP contribution in [0.3, 0.4) is 0 Å². The first-order chi connectivity index (χ1) is 15.9. The van der Waals surface area contributed by atoms with Gasteiger partial charge in [-0.1, -0.05) is 12.1 Å². The Hall–Kier alpha value is -4.25. The van der Waals surface area contributed by atoms with Crippen LogP contribution in [0.5, 0.6) is 0 Å². The molecule has 0 saturated carbocycles. The molecule has 4 rings (SSSR count). The molecule has 0 unspecified atom stereocenters. The fraction of sp³-hybridized carbons (Fsp3) is 0.240. The standard InChI is InChI=1S/C25H23N5O3/c1-15-10-22(29-24-9-4-17(12-26)13-28-24)20-11-18(6-8-23(20)30(15)16(2)31)19-5-7-21(27-14-19)25(32)33-3/h4-9,11,13-15,22H,10H2,1-3H3,(H,28,29)/t15-,22+/m0/s1. The molecule has 0 radical (unpaired) electrons. The van der Waals surface area contributed by atoms with Crippen LogP contribution in [0.1, 0.15) is 47.9 Å². The van der Waals surface area contributed by atoms with Gasteiger partial charge in [0.15, 0.2) is 0 Å². The lowest BCUT2D eigenvalue weighted by molar-refractivity contribution is -0.117. The zero-order valence-corrected chi connectivity index (χ0v) is 18.6. The Labute approximate surface area is 191 Å². The summed E-state index contributed by atoms with van der Waals surface area (Å²) in [4.78, 5) is 34.4. The third-order valence-electron chi connectivity index (χ3n) is 5.73. The quantitative estimate of drug-likeness (QED) is 0.607. The minimum Gasteiger partial charge on any atom is -0.464 e. The SMILES string of the molecule is COC(=O)c1ccc(-c2ccc3c(c2)[C@H](Nc2ccc(C#N)cn2)C[C@H](C)N3C(C)=O)cn1. The van der Waals surface area contributed by atoms with Crippen molar-refractivity contribution in [3.63, 3.8) is 0 Å². The molecule has 1 aromatic carbocycles. The topological polar surface area (TPSA) is 108 Å². The minimum absolute atomic E-state index is 0.00209. The Morgan fingerprint density at radius 1 is 1.12 bits per heavy atom. The molecule has 166 valence electrons. The van der Waals surface area contributed by atoms with Gasteiger partial charge in [0.1, 0.15) is 17.6 Å². The van der Waals surface area contributed by atoms with Gasteiger partial charge in [-0.05, 0) is 54.8 Å². The molecule has 1 aliphatic heterocycles. The van der Waals surface area contributed by atoms with Crippen molar-refractivity contribution in [3.05, 3.63) is 71.7 Å². The first-order valence-corrected chi connectivity index (χ1v) is 10.5. The monoisotopic (exact) mass is 441 g/mol. The number of nitriles is 1. The number of hydrogen-bond donors (Lipinski definition) is 1. The van der Waals surface area contributed by atoms with E-state index in [9.17, 15) is 9.59 Å². The second-order valence-corrected chi connectivity index (χ2v) is 7.91. The lowest BCUT2D eigenvalue weighted by atomic mass is 9.89. The van der Waals surface area contributed by atoms with E-state index in [0.29, 0.717) is 17.8 Å². The molecule has 0 bridgehead atoms. The summed E-state index contributed by atoms with van der Waals surface area (Å²) in [6.07, 6.45) is 3.85. The number of pyridine rings is 2. The van der Waals surface area contributed by atoms with Crippen LogP contribution in [-0.2, 0) is 9.53 Å². The first-order valence-electron chi connectivity index (χ1n) is 10.5. The van der Waals surface area contributed by atoms with Crippen LogP contribution >= 0.6 is 0 Å². The smallest absolute Gasteiger partial charge is 0.356 e. The van der Waals surface area contributed by atoms with Crippen LogP contribution in [0.15, 0.2) is 54.9 Å². The van der Waals surface area contributed by atoms with E-state index >= 15 is 0 Å². The van der Waals surface area contributed by atoms with Crippen LogP contribution in [0.4, 0.5) is 11.5 Å². The highest BCUT2D eigenvalue weighted by Crippen LogP contribution is 2.41. The number of carbonyl (C=O) groups is 2. The van der Waals surface area contributed by atoms with Crippen LogP contribution in [0.25, 0.3) is 11.1 Å². The zero-order valence-electron chi connectivity index (χ0n) is 18.6. The molecule has 3 aromatic rings. The number of nitrogens with one attached hydrogen (secondary N) is 1. The molecule has 2 atom stereocenters. The molecule has 0 aliphatic carbocycles. The summed E-state index contributed by atoms with van der Waals surface area (Å²) in [5.41, 5.74) is 4.29. The third-order valence-corrected chi connectivity index (χ3v) is 5.73. The predicted molar refractivity (Wildman–Crippen MR) is 124 cm³/mol. The van der Waals surface area contributed by atoms with E-state index in [2.05, 4.69) is 21.4 Å². The van der Waals surface area contributed by atoms with E-state index in [4.69, 9.17) is 10.00 Å². The number of ether oxygens (including phenoxy) is 1. The molecular formula is C25H23N5O3. The average Bonchev–Trinajstić information content (AvgIpc) is 2.83. The van der Waals surface area contributed by atoms with Crippen molar-refractivity contribution < 1.29 is 14.3 Å². The van der Waals surface area contributed by atoms with Crippen LogP contribution < -0.4 is 10.2 Å². The molecule has 8 heteroatoms. The summed E-state index contributed by atoms with van der Waals surface area (Å²) in [6.45, 7) is 3.59. The van der Waals surface area contributed by atoms with Gasteiger partial charge in [0, 0.05) is 36.6 Å². The number of aromatic nitrogens is 2. The van der Waals surface area contributed by atoms with Crippen LogP contribution in [0.2, 0.25) is 0 Å². The van der Waals surface area contributed by atoms with E-state index in [-0.39, 0.29) is 23.7 Å². The van der Waals surface area contributed by atoms with E-state index in [1.165, 1.54) is 13.3 Å². The lowest BCUT2D eigenvalue weighted by Crippen LogP contribution is -2.43. The zero-order chi connectivity index (χ0) is 23.5. The Morgan fingerprint density at radius 2 is 1.91 bits per heavy atom. The highest BCUT2D eigenvalue weighted by molar-refractivity contribution is 5.94. The summed E-state index contributed by atoms with van der Waals surface area (Å²) in [6, 6.07) is 14.8. The van der Waals surface area contributed by atoms with E-state index < -0.39 is 5.97 Å². The number of esters is 1. The fourth-order valence-electron chi connectivity index (χ4n) is 4.17. The van der Waals surface area contributed by atoms with Crippen molar-refractivity contribution in [2.24, 2.45) is 0 Å². The summed E-state index contributed by atoms with van der Waals surface area (Å²) in [5.74, 6) is 0.149. The molecule has 0 fully saturated rings. The molecule has 1 aliphatic rings. The fourth-order valence-corrected chi connectivity index (χ4v) is 4.17. The van der Waals surface area contributed by atoms with Crippen LogP contribution in [-0.4, -0.2) is 35.0 Å². The number of methoxy groups -OCH3 is 1. The van der Waals surface area contributed by atoms with Gasteiger partial charge in [0.2, 0.25) is 5.91 Å². The van der Waals surface area contributed by atoms with Gasteiger partial charge >= 0.3 is 5.97 Å². The van der Waals surface area contributed by atoms with Crippen LogP contribution in [0, 0.1) is 11.3 Å². The number of nitrogens with zero attached hydrogens (tertiary/aromatic N) is 4. The minimum atomic E-state index is -0.489. The second-order valence-electron chi connectivity index (χ2n) is 7.91. The summed E-state index contributed by atoms with van der Waals surface area (Å²) in [7, 11) is 1.32. The number of hydrogen-bond acceptors (Lipinski definition) is 7. The summed E-state index contributed by atoms with van der Waals surface area (Å²) < 4.78 is 4.71. The average molecular weight is 441 g/mol. The molecular weight excluding hydrogens is 418 g/mol. The van der Waals surface area contributed by atoms with Crippen molar-refractivity contribution >= 4 is 23.4 Å². The van der Waals surface area contributed by atoms with E-state index in [1.54, 1.807) is 31.3 Å². The van der Waals surface area contributed by atoms with Gasteiger partial charge in [-0.15, -0.1) is 0 Å². The molecule has 1 amide bonds. The Morgan fingerprint density at radius 3 is 2.52 bits per heavy atom. The van der Waals surface area contributed by atoms with Crippen molar-refractivity contribution in [2.75, 3.05) is 17.3 Å². The number of carbonyl (C=O) groups excluding carboxylic acids is 2. The van der Waals surface area contributed by atoms with Crippen molar-refractivity contribution in [2.45, 2.75) is 32.4 Å². The molecule has 0 saturated heterocycles. The van der Waals surface area contributed by atoms with Crippen molar-refractivity contribution in [3.8, 4) is 17.2 Å². The predicted octanol–water partition coefficient (Wildman–Crippen LogP) is 4.10. The Bertz CT molecular complexity index is 1230. The van der Waals surface area contributed by atoms with Gasteiger partial charge in [-0.25, -0.2) is 14.8 Å². The second kappa shape index (κ2) is 9.09. The largest absolute Gasteiger partial charge is 0.464 e. The highest BCUT2D eigenvalue weighted by Gasteiger charge is 2.32. The Balaban J connectivity index is 1.72. The van der Waals surface area contributed by atoms with Crippen molar-refractivity contribution in [1.29, 1.82) is 5.26 Å². The number of fused-ring (bicyclic) bond motifs is 1. The van der Waals surface area contributed by atoms with Crippen molar-refractivity contribution in [1.82, 2.24) is 9.97 Å². The molecule has 1 N–H and O–H groups in total.